The molecule has 4 N–H and O–H groups in total. The lowest BCUT2D eigenvalue weighted by molar-refractivity contribution is -0.120. The standard InChI is InChI=1S/C35H36Cl2N8O6/c1-49-33-27(15-38-13-19-9-11-29(46)42-19)39-16-25(44-33)23-7-3-5-21(31(23)36)22-6-4-8-24(32(22)37)26-17-40-28(34(45-26)50-2)18-51-35(48)41-14-20-10-12-30(47)43-20/h3-8,16-17,19-20,38H,9-15,18H2,1-2H3,(H,41,48)(H,42,46)(H,43,47)/t19-,20-/m0/s1. The van der Waals surface area contributed by atoms with Gasteiger partial charge in [-0.1, -0.05) is 59.6 Å². The molecule has 2 fully saturated rings. The first-order valence-corrected chi connectivity index (χ1v) is 17.1. The molecule has 2 aromatic carbocycles. The molecule has 16 heteroatoms. The predicted molar refractivity (Wildman–Crippen MR) is 189 cm³/mol. The lowest BCUT2D eigenvalue weighted by atomic mass is 9.98. The predicted octanol–water partition coefficient (Wildman–Crippen LogP) is 4.46. The van der Waals surface area contributed by atoms with Crippen molar-refractivity contribution < 1.29 is 28.6 Å². The van der Waals surface area contributed by atoms with E-state index in [0.717, 1.165) is 6.42 Å². The second-order valence-electron chi connectivity index (χ2n) is 12.0. The highest BCUT2D eigenvalue weighted by molar-refractivity contribution is 6.39. The number of ether oxygens (including phenoxy) is 3. The van der Waals surface area contributed by atoms with E-state index in [0.29, 0.717) is 93.3 Å². The Kier molecular flexibility index (Phi) is 11.4. The fourth-order valence-electron chi connectivity index (χ4n) is 5.89. The van der Waals surface area contributed by atoms with Crippen molar-refractivity contribution in [1.82, 2.24) is 41.2 Å². The quantitative estimate of drug-likeness (QED) is 0.152. The maximum Gasteiger partial charge on any atom is 0.407 e. The number of hydrogen-bond acceptors (Lipinski definition) is 11. The van der Waals surface area contributed by atoms with E-state index >= 15 is 0 Å². The molecular formula is C35H36Cl2N8O6. The number of benzene rings is 2. The molecule has 0 saturated carbocycles. The largest absolute Gasteiger partial charge is 0.480 e. The van der Waals surface area contributed by atoms with Crippen LogP contribution in [0.2, 0.25) is 10.0 Å². The number of alkyl carbamates (subject to hydrolysis) is 1. The number of methoxy groups -OCH3 is 2. The average Bonchev–Trinajstić information content (AvgIpc) is 3.77. The smallest absolute Gasteiger partial charge is 0.407 e. The molecule has 2 aliphatic heterocycles. The number of nitrogens with zero attached hydrogens (tertiary/aromatic N) is 4. The van der Waals surface area contributed by atoms with Crippen LogP contribution >= 0.6 is 23.2 Å². The highest BCUT2D eigenvalue weighted by atomic mass is 35.5. The molecule has 2 aliphatic rings. The summed E-state index contributed by atoms with van der Waals surface area (Å²) in [5.41, 5.74) is 4.44. The fourth-order valence-corrected chi connectivity index (χ4v) is 6.54. The second kappa shape index (κ2) is 16.3. The summed E-state index contributed by atoms with van der Waals surface area (Å²) in [4.78, 5) is 53.5. The summed E-state index contributed by atoms with van der Waals surface area (Å²) in [6, 6.07) is 11.0. The van der Waals surface area contributed by atoms with E-state index in [1.165, 1.54) is 20.4 Å². The molecule has 2 aromatic heterocycles. The lowest BCUT2D eigenvalue weighted by Gasteiger charge is -2.15. The summed E-state index contributed by atoms with van der Waals surface area (Å²) in [5, 5.41) is 12.5. The molecule has 0 radical (unpaired) electrons. The summed E-state index contributed by atoms with van der Waals surface area (Å²) in [7, 11) is 2.98. The average molecular weight is 736 g/mol. The van der Waals surface area contributed by atoms with Crippen molar-refractivity contribution in [2.75, 3.05) is 27.3 Å². The molecule has 2 atom stereocenters. The summed E-state index contributed by atoms with van der Waals surface area (Å²) in [6.45, 7) is 1.12. The Balaban J connectivity index is 1.17. The molecule has 6 rings (SSSR count). The van der Waals surface area contributed by atoms with Gasteiger partial charge in [-0.2, -0.15) is 0 Å². The topological polar surface area (TPSA) is 179 Å². The van der Waals surface area contributed by atoms with Gasteiger partial charge in [-0.15, -0.1) is 0 Å². The first-order chi connectivity index (χ1) is 24.7. The van der Waals surface area contributed by atoms with E-state index in [1.807, 2.05) is 36.4 Å². The van der Waals surface area contributed by atoms with Gasteiger partial charge < -0.3 is 35.5 Å². The molecule has 2 saturated heterocycles. The van der Waals surface area contributed by atoms with E-state index in [9.17, 15) is 14.4 Å². The minimum Gasteiger partial charge on any atom is -0.480 e. The Hall–Kier alpha value is -5.05. The third kappa shape index (κ3) is 8.47. The van der Waals surface area contributed by atoms with Crippen LogP contribution in [0.15, 0.2) is 48.8 Å². The Labute approximate surface area is 304 Å². The Morgan fingerprint density at radius 2 is 1.29 bits per heavy atom. The van der Waals surface area contributed by atoms with Crippen LogP contribution in [-0.4, -0.2) is 77.2 Å². The summed E-state index contributed by atoms with van der Waals surface area (Å²) >= 11 is 14.0. The number of aromatic nitrogens is 4. The number of carbonyl (C=O) groups excluding carboxylic acids is 3. The number of nitrogens with one attached hydrogen (secondary N) is 4. The number of rotatable bonds is 13. The third-order valence-corrected chi connectivity index (χ3v) is 9.35. The van der Waals surface area contributed by atoms with E-state index < -0.39 is 6.09 Å². The van der Waals surface area contributed by atoms with Crippen molar-refractivity contribution in [3.63, 3.8) is 0 Å². The molecule has 0 spiro atoms. The zero-order valence-corrected chi connectivity index (χ0v) is 29.4. The van der Waals surface area contributed by atoms with Gasteiger partial charge in [0.1, 0.15) is 18.0 Å². The molecule has 0 bridgehead atoms. The van der Waals surface area contributed by atoms with Crippen molar-refractivity contribution in [1.29, 1.82) is 0 Å². The zero-order chi connectivity index (χ0) is 35.9. The van der Waals surface area contributed by atoms with E-state index in [-0.39, 0.29) is 42.9 Å². The van der Waals surface area contributed by atoms with Gasteiger partial charge in [0.25, 0.3) is 0 Å². The van der Waals surface area contributed by atoms with Gasteiger partial charge in [0.2, 0.25) is 23.6 Å². The lowest BCUT2D eigenvalue weighted by Crippen LogP contribution is -2.38. The fraction of sp³-hybridized carbons (Fsp3) is 0.343. The van der Waals surface area contributed by atoms with Crippen molar-refractivity contribution in [2.45, 2.75) is 50.9 Å². The SMILES string of the molecule is COc1nc(-c2cccc(-c3cccc(-c4cnc(COC(=O)NC[C@@H]5CCC(=O)N5)c(OC)n4)c3Cl)c2Cl)cnc1CNC[C@@H]1CCC(=O)N1. The third-order valence-electron chi connectivity index (χ3n) is 8.54. The maximum absolute atomic E-state index is 12.2. The van der Waals surface area contributed by atoms with Crippen molar-refractivity contribution >= 4 is 41.1 Å². The summed E-state index contributed by atoms with van der Waals surface area (Å²) < 4.78 is 16.3. The molecule has 4 aromatic rings. The second-order valence-corrected chi connectivity index (χ2v) is 12.7. The number of halogens is 2. The van der Waals surface area contributed by atoms with Crippen LogP contribution in [0, 0.1) is 0 Å². The maximum atomic E-state index is 12.2. The summed E-state index contributed by atoms with van der Waals surface area (Å²) in [6.07, 6.45) is 4.96. The van der Waals surface area contributed by atoms with Gasteiger partial charge in [0.15, 0.2) is 0 Å². The van der Waals surface area contributed by atoms with Gasteiger partial charge in [-0.05, 0) is 12.8 Å². The Bertz CT molecular complexity index is 1950. The van der Waals surface area contributed by atoms with Gasteiger partial charge in [0.05, 0.1) is 48.0 Å². The van der Waals surface area contributed by atoms with Gasteiger partial charge in [-0.3, -0.25) is 14.6 Å². The highest BCUT2D eigenvalue weighted by Gasteiger charge is 2.23. The number of carbonyl (C=O) groups is 3. The normalized spacial score (nSPS) is 16.8. The molecule has 266 valence electrons. The highest BCUT2D eigenvalue weighted by Crippen LogP contribution is 2.42. The van der Waals surface area contributed by atoms with Crippen LogP contribution in [0.5, 0.6) is 11.8 Å². The molecule has 14 nitrogen and oxygen atoms in total. The van der Waals surface area contributed by atoms with Crippen molar-refractivity contribution in [2.24, 2.45) is 0 Å². The molecule has 51 heavy (non-hydrogen) atoms. The van der Waals surface area contributed by atoms with E-state index in [1.54, 1.807) is 6.20 Å². The minimum atomic E-state index is -0.650. The van der Waals surface area contributed by atoms with Gasteiger partial charge in [-0.25, -0.2) is 19.7 Å². The molecular weight excluding hydrogens is 699 g/mol. The van der Waals surface area contributed by atoms with Crippen molar-refractivity contribution in [3.8, 4) is 45.4 Å². The van der Waals surface area contributed by atoms with Crippen LogP contribution in [0.3, 0.4) is 0 Å². The van der Waals surface area contributed by atoms with Crippen LogP contribution in [0.25, 0.3) is 33.6 Å². The van der Waals surface area contributed by atoms with Crippen molar-refractivity contribution in [3.05, 3.63) is 70.2 Å². The van der Waals surface area contributed by atoms with E-state index in [4.69, 9.17) is 42.4 Å². The van der Waals surface area contributed by atoms with Gasteiger partial charge in [0, 0.05) is 66.8 Å². The Morgan fingerprint density at radius 1 is 0.784 bits per heavy atom. The molecule has 4 heterocycles. The number of amides is 3. The summed E-state index contributed by atoms with van der Waals surface area (Å²) in [5.74, 6) is 0.561. The number of hydrogen-bond donors (Lipinski definition) is 4. The molecule has 0 unspecified atom stereocenters. The first-order valence-electron chi connectivity index (χ1n) is 16.3. The van der Waals surface area contributed by atoms with Gasteiger partial charge >= 0.3 is 6.09 Å². The van der Waals surface area contributed by atoms with Crippen LogP contribution in [0.4, 0.5) is 4.79 Å². The Morgan fingerprint density at radius 3 is 1.82 bits per heavy atom. The monoisotopic (exact) mass is 734 g/mol. The minimum absolute atomic E-state index is 0.0339. The van der Waals surface area contributed by atoms with Crippen LogP contribution in [-0.2, 0) is 27.5 Å². The molecule has 0 aliphatic carbocycles. The first kappa shape index (κ1) is 35.8. The van der Waals surface area contributed by atoms with E-state index in [2.05, 4.69) is 36.2 Å². The van der Waals surface area contributed by atoms with Crippen LogP contribution < -0.4 is 30.7 Å². The zero-order valence-electron chi connectivity index (χ0n) is 27.9. The molecule has 3 amide bonds. The van der Waals surface area contributed by atoms with Crippen LogP contribution in [0.1, 0.15) is 37.1 Å².